The third kappa shape index (κ3) is 34.4. The Hall–Kier alpha value is -3.80. The standard InChI is InChI=1S/C35H53NO11.8CH4/c1-6-8-10-11-12-13-14-16-30(21-26(3)37)46-35(40)23-31(15-9-7-2)47-33(38)22-27(4)45-34(39)24-32(43-5)25-44-29-19-17-28(18-20-29)36(41)42;;;;;;;;/h13-14,17-20,27,30-32H,6-12,15-16,21-25H2,1-5H3;8*1H4. The van der Waals surface area contributed by atoms with Gasteiger partial charge in [0, 0.05) is 32.1 Å². The van der Waals surface area contributed by atoms with E-state index >= 15 is 0 Å². The molecule has 0 aliphatic rings. The zero-order chi connectivity index (χ0) is 35.0. The maximum atomic E-state index is 12.8. The summed E-state index contributed by atoms with van der Waals surface area (Å²) in [5.74, 6) is -1.46. The van der Waals surface area contributed by atoms with Gasteiger partial charge in [-0.3, -0.25) is 29.3 Å². The lowest BCUT2D eigenvalue weighted by atomic mass is 10.1. The Morgan fingerprint density at radius 3 is 1.75 bits per heavy atom. The van der Waals surface area contributed by atoms with Crippen molar-refractivity contribution >= 4 is 29.4 Å². The van der Waals surface area contributed by atoms with E-state index in [-0.39, 0.29) is 103 Å². The average molecular weight is 792 g/mol. The monoisotopic (exact) mass is 792 g/mol. The van der Waals surface area contributed by atoms with E-state index in [0.29, 0.717) is 18.6 Å². The number of hydrogen-bond acceptors (Lipinski definition) is 11. The van der Waals surface area contributed by atoms with E-state index in [1.165, 1.54) is 57.6 Å². The number of methoxy groups -OCH3 is 1. The molecule has 1 aromatic rings. The van der Waals surface area contributed by atoms with Gasteiger partial charge >= 0.3 is 17.9 Å². The number of esters is 3. The van der Waals surface area contributed by atoms with E-state index < -0.39 is 47.2 Å². The molecule has 55 heavy (non-hydrogen) atoms. The van der Waals surface area contributed by atoms with E-state index in [4.69, 9.17) is 23.7 Å². The Kier molecular flexibility index (Phi) is 52.0. The summed E-state index contributed by atoms with van der Waals surface area (Å²) in [6.45, 7) is 7.17. The molecule has 0 N–H and O–H groups in total. The van der Waals surface area contributed by atoms with Gasteiger partial charge in [-0.1, -0.05) is 118 Å². The van der Waals surface area contributed by atoms with E-state index in [1.54, 1.807) is 6.92 Å². The summed E-state index contributed by atoms with van der Waals surface area (Å²) in [6.07, 6.45) is 8.92. The Labute approximate surface area is 337 Å². The number of ketones is 1. The third-order valence-corrected chi connectivity index (χ3v) is 7.17. The predicted molar refractivity (Wildman–Crippen MR) is 230 cm³/mol. The van der Waals surface area contributed by atoms with Crippen molar-refractivity contribution in [2.45, 2.75) is 195 Å². The molecule has 0 spiro atoms. The van der Waals surface area contributed by atoms with E-state index in [2.05, 4.69) is 13.0 Å². The van der Waals surface area contributed by atoms with Gasteiger partial charge in [-0.05, 0) is 45.2 Å². The van der Waals surface area contributed by atoms with Crippen LogP contribution in [0, 0.1) is 10.1 Å². The molecule has 0 radical (unpaired) electrons. The molecule has 0 saturated carbocycles. The fraction of sp³-hybridized carbons (Fsp3) is 0.721. The van der Waals surface area contributed by atoms with Crippen LogP contribution in [0.2, 0.25) is 0 Å². The lowest BCUT2D eigenvalue weighted by Crippen LogP contribution is -2.29. The summed E-state index contributed by atoms with van der Waals surface area (Å²) in [4.78, 5) is 60.1. The maximum Gasteiger partial charge on any atom is 0.309 e. The molecule has 0 bridgehead atoms. The second-order valence-electron chi connectivity index (χ2n) is 11.7. The minimum atomic E-state index is -0.796. The first-order chi connectivity index (χ1) is 22.5. The molecule has 4 unspecified atom stereocenters. The van der Waals surface area contributed by atoms with Crippen molar-refractivity contribution in [3.63, 3.8) is 0 Å². The number of hydrogen-bond donors (Lipinski definition) is 0. The van der Waals surface area contributed by atoms with Crippen LogP contribution in [-0.4, -0.2) is 66.7 Å². The number of nitro groups is 1. The largest absolute Gasteiger partial charge is 0.491 e. The Morgan fingerprint density at radius 2 is 1.22 bits per heavy atom. The maximum absolute atomic E-state index is 12.8. The molecule has 0 aliphatic heterocycles. The minimum absolute atomic E-state index is 0. The van der Waals surface area contributed by atoms with Gasteiger partial charge in [-0.25, -0.2) is 0 Å². The fourth-order valence-corrected chi connectivity index (χ4v) is 4.64. The van der Waals surface area contributed by atoms with E-state index in [0.717, 1.165) is 25.7 Å². The van der Waals surface area contributed by atoms with Gasteiger partial charge in [0.1, 0.15) is 42.6 Å². The first kappa shape index (κ1) is 69.1. The average Bonchev–Trinajstić information content (AvgIpc) is 3.00. The van der Waals surface area contributed by atoms with E-state index in [9.17, 15) is 29.3 Å². The number of Topliss-reactive ketones (excluding diaryl/α,β-unsaturated/α-hetero) is 1. The van der Waals surface area contributed by atoms with Crippen molar-refractivity contribution in [3.05, 3.63) is 46.5 Å². The lowest BCUT2D eigenvalue weighted by Gasteiger charge is -2.21. The quantitative estimate of drug-likeness (QED) is 0.0219. The molecule has 4 atom stereocenters. The van der Waals surface area contributed by atoms with Crippen molar-refractivity contribution < 1.29 is 47.8 Å². The number of carbonyl (C=O) groups excluding carboxylic acids is 4. The molecule has 0 aliphatic carbocycles. The van der Waals surface area contributed by atoms with Crippen molar-refractivity contribution in [2.75, 3.05) is 13.7 Å². The van der Waals surface area contributed by atoms with Crippen LogP contribution in [0.25, 0.3) is 0 Å². The molecule has 1 aromatic carbocycles. The van der Waals surface area contributed by atoms with Gasteiger partial charge in [0.25, 0.3) is 5.69 Å². The molecule has 0 amide bonds. The second-order valence-corrected chi connectivity index (χ2v) is 11.7. The zero-order valence-corrected chi connectivity index (χ0v) is 28.6. The number of nitro benzene ring substituents is 1. The van der Waals surface area contributed by atoms with Gasteiger partial charge in [0.2, 0.25) is 0 Å². The second kappa shape index (κ2) is 41.4. The minimum Gasteiger partial charge on any atom is -0.491 e. The molecule has 12 nitrogen and oxygen atoms in total. The number of nitrogens with zero attached hydrogens (tertiary/aromatic N) is 1. The van der Waals surface area contributed by atoms with Crippen molar-refractivity contribution in [3.8, 4) is 5.75 Å². The van der Waals surface area contributed by atoms with Gasteiger partial charge < -0.3 is 23.7 Å². The summed E-state index contributed by atoms with van der Waals surface area (Å²) in [7, 11) is 1.41. The molecule has 0 saturated heterocycles. The van der Waals surface area contributed by atoms with Gasteiger partial charge in [-0.15, -0.1) is 0 Å². The Balaban J connectivity index is -0.000000460. The van der Waals surface area contributed by atoms with Crippen LogP contribution in [0.3, 0.4) is 0 Å². The molecule has 0 fully saturated rings. The summed E-state index contributed by atoms with van der Waals surface area (Å²) in [5.41, 5.74) is -0.0709. The summed E-state index contributed by atoms with van der Waals surface area (Å²) >= 11 is 0. The van der Waals surface area contributed by atoms with Gasteiger partial charge in [-0.2, -0.15) is 0 Å². The third-order valence-electron chi connectivity index (χ3n) is 7.17. The summed E-state index contributed by atoms with van der Waals surface area (Å²) in [6, 6.07) is 5.51. The van der Waals surface area contributed by atoms with Gasteiger partial charge in [0.05, 0.1) is 24.2 Å². The predicted octanol–water partition coefficient (Wildman–Crippen LogP) is 12.1. The molecule has 12 heteroatoms. The number of unbranched alkanes of at least 4 members (excludes halogenated alkanes) is 5. The SMILES string of the molecule is C.C.C.C.C.C.C.C.CCCCCCC=CCC(CC(C)=O)OC(=O)CC(CCCC)OC(=O)CC(C)OC(=O)CC(COc1ccc([N+](=O)[O-])cc1)OC. The number of allylic oxidation sites excluding steroid dienone is 1. The smallest absolute Gasteiger partial charge is 0.309 e. The number of benzene rings is 1. The zero-order valence-electron chi connectivity index (χ0n) is 28.6. The number of non-ortho nitro benzene ring substituents is 1. The lowest BCUT2D eigenvalue weighted by molar-refractivity contribution is -0.384. The highest BCUT2D eigenvalue weighted by Gasteiger charge is 2.25. The van der Waals surface area contributed by atoms with Gasteiger partial charge in [0.15, 0.2) is 0 Å². The highest BCUT2D eigenvalue weighted by molar-refractivity contribution is 5.77. The molecular formula is C43H85NO11. The van der Waals surface area contributed by atoms with Crippen LogP contribution < -0.4 is 4.74 Å². The van der Waals surface area contributed by atoms with Crippen LogP contribution in [-0.2, 0) is 38.1 Å². The molecule has 0 aromatic heterocycles. The normalized spacial score (nSPS) is 11.7. The molecular weight excluding hydrogens is 706 g/mol. The Bertz CT molecular complexity index is 1120. The van der Waals surface area contributed by atoms with Crippen LogP contribution in [0.1, 0.15) is 171 Å². The molecule has 328 valence electrons. The first-order valence-corrected chi connectivity index (χ1v) is 16.6. The van der Waals surface area contributed by atoms with Crippen molar-refractivity contribution in [2.24, 2.45) is 0 Å². The summed E-state index contributed by atoms with van der Waals surface area (Å²) in [5, 5.41) is 10.8. The van der Waals surface area contributed by atoms with Crippen LogP contribution in [0.5, 0.6) is 5.75 Å². The highest BCUT2D eigenvalue weighted by Crippen LogP contribution is 2.19. The van der Waals surface area contributed by atoms with Crippen LogP contribution in [0.15, 0.2) is 36.4 Å². The number of carbonyl (C=O) groups is 4. The van der Waals surface area contributed by atoms with Crippen molar-refractivity contribution in [1.29, 1.82) is 0 Å². The number of rotatable bonds is 26. The Morgan fingerprint density at radius 1 is 0.691 bits per heavy atom. The van der Waals surface area contributed by atoms with Crippen LogP contribution in [0.4, 0.5) is 5.69 Å². The van der Waals surface area contributed by atoms with Crippen LogP contribution >= 0.6 is 0 Å². The number of ether oxygens (including phenoxy) is 5. The molecule has 0 heterocycles. The fourth-order valence-electron chi connectivity index (χ4n) is 4.64. The van der Waals surface area contributed by atoms with Crippen molar-refractivity contribution in [1.82, 2.24) is 0 Å². The topological polar surface area (TPSA) is 158 Å². The van der Waals surface area contributed by atoms with E-state index in [1.807, 2.05) is 13.0 Å². The highest BCUT2D eigenvalue weighted by atomic mass is 16.6. The first-order valence-electron chi connectivity index (χ1n) is 16.6. The molecule has 1 rings (SSSR count). The summed E-state index contributed by atoms with van der Waals surface area (Å²) < 4.78 is 27.5.